The van der Waals surface area contributed by atoms with Gasteiger partial charge in [-0.15, -0.1) is 0 Å². The smallest absolute Gasteiger partial charge is 0.303 e. The Bertz CT molecular complexity index is 1330. The molecule has 1 heterocycles. The molecule has 0 bridgehead atoms. The number of ketones is 1. The summed E-state index contributed by atoms with van der Waals surface area (Å²) < 4.78 is 2.06. The number of carboxylic acids is 1. The normalized spacial score (nSPS) is 11.1. The fraction of sp³-hybridized carbons (Fsp3) is 0.294. The molecule has 5 nitrogen and oxygen atoms in total. The van der Waals surface area contributed by atoms with E-state index in [1.165, 1.54) is 11.1 Å². The number of benzene rings is 3. The molecule has 0 aliphatic heterocycles. The van der Waals surface area contributed by atoms with Crippen LogP contribution in [0.3, 0.4) is 0 Å². The molecule has 39 heavy (non-hydrogen) atoms. The number of hydrogen-bond donors (Lipinski definition) is 2. The van der Waals surface area contributed by atoms with Crippen LogP contribution >= 0.6 is 0 Å². The summed E-state index contributed by atoms with van der Waals surface area (Å²) in [5.41, 5.74) is 6.70. The number of anilines is 1. The number of para-hydroxylation sites is 1. The van der Waals surface area contributed by atoms with Crippen molar-refractivity contribution >= 4 is 17.4 Å². The van der Waals surface area contributed by atoms with E-state index in [1.807, 2.05) is 49.5 Å². The van der Waals surface area contributed by atoms with Gasteiger partial charge in [-0.1, -0.05) is 79.7 Å². The molecule has 1 aromatic heterocycles. The molecule has 202 valence electrons. The molecule has 0 aliphatic carbocycles. The fourth-order valence-corrected chi connectivity index (χ4v) is 5.29. The lowest BCUT2D eigenvalue weighted by Crippen LogP contribution is -2.20. The molecule has 0 saturated carbocycles. The molecule has 3 aromatic carbocycles. The van der Waals surface area contributed by atoms with Crippen LogP contribution in [0.5, 0.6) is 0 Å². The maximum absolute atomic E-state index is 13.9. The number of carbonyl (C=O) groups is 2. The summed E-state index contributed by atoms with van der Waals surface area (Å²) in [6, 6.07) is 30.8. The van der Waals surface area contributed by atoms with Gasteiger partial charge in [-0.25, -0.2) is 0 Å². The zero-order valence-electron chi connectivity index (χ0n) is 22.9. The first-order valence-electron chi connectivity index (χ1n) is 13.8. The van der Waals surface area contributed by atoms with Crippen molar-refractivity contribution in [3.8, 4) is 0 Å². The third-order valence-electron chi connectivity index (χ3n) is 7.36. The van der Waals surface area contributed by atoms with E-state index in [4.69, 9.17) is 5.11 Å². The number of aryl methyl sites for hydroxylation is 1. The van der Waals surface area contributed by atoms with E-state index in [-0.39, 0.29) is 12.2 Å². The highest BCUT2D eigenvalue weighted by Gasteiger charge is 2.22. The Balaban J connectivity index is 1.56. The van der Waals surface area contributed by atoms with Crippen molar-refractivity contribution < 1.29 is 14.7 Å². The van der Waals surface area contributed by atoms with Gasteiger partial charge in [0, 0.05) is 48.2 Å². The Labute approximate surface area is 231 Å². The lowest BCUT2D eigenvalue weighted by atomic mass is 9.92. The number of rotatable bonds is 14. The van der Waals surface area contributed by atoms with Crippen LogP contribution in [0.1, 0.15) is 58.2 Å². The molecular weight excluding hydrogens is 484 g/mol. The van der Waals surface area contributed by atoms with E-state index >= 15 is 0 Å². The van der Waals surface area contributed by atoms with Crippen molar-refractivity contribution in [1.29, 1.82) is 0 Å². The SMILES string of the molecule is CCc1cc(C(=O)c2ccccc2NCC(Cc2ccccc2)Cc2ccccc2)c(CCCC(=O)O)n1C. The van der Waals surface area contributed by atoms with Crippen LogP contribution in [-0.4, -0.2) is 28.0 Å². The minimum Gasteiger partial charge on any atom is -0.481 e. The standard InChI is InChI=1S/C34H38N2O3/c1-3-28-23-30(32(36(28)2)19-12-20-33(37)38)34(39)29-17-10-11-18-31(29)35-24-27(21-25-13-6-4-7-14-25)22-26-15-8-5-9-16-26/h4-11,13-18,23,27,35H,3,12,19-22,24H2,1-2H3,(H,37,38). The molecule has 0 spiro atoms. The Hall–Kier alpha value is -4.12. The van der Waals surface area contributed by atoms with Crippen molar-refractivity contribution in [3.05, 3.63) is 125 Å². The van der Waals surface area contributed by atoms with Gasteiger partial charge in [0.05, 0.1) is 0 Å². The highest BCUT2D eigenvalue weighted by molar-refractivity contribution is 6.13. The number of aromatic nitrogens is 1. The van der Waals surface area contributed by atoms with Crippen molar-refractivity contribution in [3.63, 3.8) is 0 Å². The van der Waals surface area contributed by atoms with Gasteiger partial charge in [-0.05, 0) is 67.3 Å². The summed E-state index contributed by atoms with van der Waals surface area (Å²) in [6.07, 6.45) is 3.81. The Morgan fingerprint density at radius 2 is 1.44 bits per heavy atom. The van der Waals surface area contributed by atoms with Crippen LogP contribution < -0.4 is 5.32 Å². The van der Waals surface area contributed by atoms with Gasteiger partial charge in [-0.3, -0.25) is 9.59 Å². The molecule has 0 amide bonds. The molecule has 4 aromatic rings. The highest BCUT2D eigenvalue weighted by atomic mass is 16.4. The minimum absolute atomic E-state index is 0.0265. The van der Waals surface area contributed by atoms with Gasteiger partial charge in [0.25, 0.3) is 0 Å². The number of nitrogens with zero attached hydrogens (tertiary/aromatic N) is 1. The summed E-state index contributed by atoms with van der Waals surface area (Å²) >= 11 is 0. The van der Waals surface area contributed by atoms with Gasteiger partial charge < -0.3 is 15.0 Å². The number of carboxylic acid groups (broad SMARTS) is 1. The molecule has 0 radical (unpaired) electrons. The molecule has 0 saturated heterocycles. The molecule has 4 rings (SSSR count). The van der Waals surface area contributed by atoms with Crippen molar-refractivity contribution in [2.45, 2.75) is 45.4 Å². The summed E-state index contributed by atoms with van der Waals surface area (Å²) in [6.45, 7) is 2.80. The van der Waals surface area contributed by atoms with Crippen LogP contribution in [0.15, 0.2) is 91.0 Å². The summed E-state index contributed by atoms with van der Waals surface area (Å²) in [5.74, 6) is -0.503. The molecule has 2 N–H and O–H groups in total. The zero-order chi connectivity index (χ0) is 27.6. The largest absolute Gasteiger partial charge is 0.481 e. The second-order valence-corrected chi connectivity index (χ2v) is 10.2. The summed E-state index contributed by atoms with van der Waals surface area (Å²) in [7, 11) is 1.97. The zero-order valence-corrected chi connectivity index (χ0v) is 22.9. The third-order valence-corrected chi connectivity index (χ3v) is 7.36. The van der Waals surface area contributed by atoms with E-state index in [0.717, 1.165) is 42.9 Å². The molecular formula is C34H38N2O3. The predicted molar refractivity (Wildman–Crippen MR) is 158 cm³/mol. The lowest BCUT2D eigenvalue weighted by molar-refractivity contribution is -0.137. The molecule has 0 atom stereocenters. The quantitative estimate of drug-likeness (QED) is 0.180. The number of nitrogens with one attached hydrogen (secondary N) is 1. The number of carbonyl (C=O) groups excluding carboxylic acids is 1. The van der Waals surface area contributed by atoms with Gasteiger partial charge in [-0.2, -0.15) is 0 Å². The second kappa shape index (κ2) is 13.6. The van der Waals surface area contributed by atoms with Gasteiger partial charge >= 0.3 is 5.97 Å². The van der Waals surface area contributed by atoms with Gasteiger partial charge in [0.2, 0.25) is 0 Å². The first kappa shape index (κ1) is 27.9. The van der Waals surface area contributed by atoms with Crippen LogP contribution in [0.25, 0.3) is 0 Å². The van der Waals surface area contributed by atoms with E-state index in [1.54, 1.807) is 0 Å². The lowest BCUT2D eigenvalue weighted by Gasteiger charge is -2.20. The van der Waals surface area contributed by atoms with Gasteiger partial charge in [0.1, 0.15) is 0 Å². The minimum atomic E-state index is -0.817. The van der Waals surface area contributed by atoms with E-state index < -0.39 is 5.97 Å². The summed E-state index contributed by atoms with van der Waals surface area (Å²) in [4.78, 5) is 25.0. The maximum atomic E-state index is 13.9. The molecule has 5 heteroatoms. The fourth-order valence-electron chi connectivity index (χ4n) is 5.29. The summed E-state index contributed by atoms with van der Waals surface area (Å²) in [5, 5.41) is 12.7. The molecule has 0 unspecified atom stereocenters. The van der Waals surface area contributed by atoms with E-state index in [2.05, 4.69) is 65.3 Å². The first-order chi connectivity index (χ1) is 19.0. The van der Waals surface area contributed by atoms with Crippen LogP contribution in [0, 0.1) is 5.92 Å². The van der Waals surface area contributed by atoms with Gasteiger partial charge in [0.15, 0.2) is 5.78 Å². The van der Waals surface area contributed by atoms with E-state index in [9.17, 15) is 9.59 Å². The topological polar surface area (TPSA) is 71.3 Å². The molecule has 0 aliphatic rings. The van der Waals surface area contributed by atoms with Crippen molar-refractivity contribution in [2.75, 3.05) is 11.9 Å². The van der Waals surface area contributed by atoms with Crippen molar-refractivity contribution in [1.82, 2.24) is 4.57 Å². The average molecular weight is 523 g/mol. The first-order valence-corrected chi connectivity index (χ1v) is 13.8. The number of hydrogen-bond acceptors (Lipinski definition) is 3. The third kappa shape index (κ3) is 7.47. The number of aliphatic carboxylic acids is 1. The Kier molecular flexibility index (Phi) is 9.74. The van der Waals surface area contributed by atoms with Crippen LogP contribution in [0.4, 0.5) is 5.69 Å². The van der Waals surface area contributed by atoms with E-state index in [0.29, 0.717) is 29.9 Å². The van der Waals surface area contributed by atoms with Crippen molar-refractivity contribution in [2.24, 2.45) is 13.0 Å². The highest BCUT2D eigenvalue weighted by Crippen LogP contribution is 2.26. The predicted octanol–water partition coefficient (Wildman–Crippen LogP) is 6.74. The van der Waals surface area contributed by atoms with Crippen LogP contribution in [0.2, 0.25) is 0 Å². The Morgan fingerprint density at radius 3 is 2.03 bits per heavy atom. The molecule has 0 fully saturated rings. The monoisotopic (exact) mass is 522 g/mol. The average Bonchev–Trinajstić information content (AvgIpc) is 3.27. The van der Waals surface area contributed by atoms with Crippen LogP contribution in [-0.2, 0) is 37.5 Å². The Morgan fingerprint density at radius 1 is 0.846 bits per heavy atom. The second-order valence-electron chi connectivity index (χ2n) is 10.2. The maximum Gasteiger partial charge on any atom is 0.303 e.